The van der Waals surface area contributed by atoms with Gasteiger partial charge in [-0.15, -0.1) is 11.1 Å². The maximum absolute atomic E-state index is 11.8. The largest absolute Gasteiger partial charge is 0.535 e. The van der Waals surface area contributed by atoms with Crippen LogP contribution >= 0.6 is 11.1 Å². The van der Waals surface area contributed by atoms with Crippen LogP contribution in [0.5, 0.6) is 0 Å². The van der Waals surface area contributed by atoms with Gasteiger partial charge in [0.2, 0.25) is 0 Å². The number of allylic oxidation sites excluding steroid dienone is 1. The number of hydrogen-bond donors (Lipinski definition) is 0. The third-order valence-electron chi connectivity index (χ3n) is 2.42. The highest BCUT2D eigenvalue weighted by atomic mass is 35.6. The third-order valence-corrected chi connectivity index (χ3v) is 8.96. The lowest BCUT2D eigenvalue weighted by Crippen LogP contribution is -2.37. The van der Waals surface area contributed by atoms with Crippen molar-refractivity contribution >= 4 is 18.7 Å². The van der Waals surface area contributed by atoms with E-state index in [1.807, 2.05) is 6.08 Å². The lowest BCUT2D eigenvalue weighted by atomic mass is 10.3. The molecule has 0 aliphatic rings. The second kappa shape index (κ2) is 7.28. The van der Waals surface area contributed by atoms with Gasteiger partial charge in [-0.2, -0.15) is 0 Å². The van der Waals surface area contributed by atoms with Crippen molar-refractivity contribution in [1.82, 2.24) is 0 Å². The van der Waals surface area contributed by atoms with Gasteiger partial charge in [0.05, 0.1) is 12.9 Å². The number of rotatable bonds is 7. The van der Waals surface area contributed by atoms with Crippen LogP contribution in [0.15, 0.2) is 12.3 Å². The predicted octanol–water partition coefficient (Wildman–Crippen LogP) is 4.77. The zero-order chi connectivity index (χ0) is 11.9. The van der Waals surface area contributed by atoms with Gasteiger partial charge in [0, 0.05) is 0 Å². The highest BCUT2D eigenvalue weighted by molar-refractivity contribution is 7.18. The van der Waals surface area contributed by atoms with Crippen molar-refractivity contribution in [2.24, 2.45) is 0 Å². The Kier molecular flexibility index (Phi) is 7.27. The Morgan fingerprint density at radius 3 is 2.20 bits per heavy atom. The summed E-state index contributed by atoms with van der Waals surface area (Å²) in [5.74, 6) is 0. The molecule has 0 spiro atoms. The summed E-state index contributed by atoms with van der Waals surface area (Å²) >= 11 is 6.51. The maximum atomic E-state index is 11.8. The third kappa shape index (κ3) is 5.02. The van der Waals surface area contributed by atoms with Gasteiger partial charge in [-0.05, 0) is 23.9 Å². The van der Waals surface area contributed by atoms with E-state index in [-0.39, 0.29) is 6.67 Å². The molecule has 0 rings (SSSR count). The van der Waals surface area contributed by atoms with Crippen molar-refractivity contribution < 1.29 is 8.82 Å². The molecule has 0 unspecified atom stereocenters. The number of halogens is 2. The average molecular weight is 253 g/mol. The first-order valence-corrected chi connectivity index (χ1v) is 8.60. The summed E-state index contributed by atoms with van der Waals surface area (Å²) in [4.78, 5) is 0. The summed E-state index contributed by atoms with van der Waals surface area (Å²) in [6, 6.07) is 0. The van der Waals surface area contributed by atoms with Crippen molar-refractivity contribution in [3.63, 3.8) is 0 Å². The van der Waals surface area contributed by atoms with Gasteiger partial charge in [0.25, 0.3) is 0 Å². The molecule has 0 N–H and O–H groups in total. The molecular weight excluding hydrogens is 231 g/mol. The molecule has 0 bridgehead atoms. The number of unbranched alkanes of at least 4 members (excludes halogenated alkanes) is 1. The molecule has 0 aromatic heterocycles. The van der Waals surface area contributed by atoms with Crippen LogP contribution < -0.4 is 0 Å². The summed E-state index contributed by atoms with van der Waals surface area (Å²) < 4.78 is 17.5. The highest BCUT2D eigenvalue weighted by Gasteiger charge is 2.41. The van der Waals surface area contributed by atoms with E-state index in [1.165, 1.54) is 0 Å². The first-order chi connectivity index (χ1) is 6.95. The van der Waals surface area contributed by atoms with Gasteiger partial charge in [0.1, 0.15) is 0 Å². The molecule has 0 saturated carbocycles. The summed E-state index contributed by atoms with van der Waals surface area (Å²) in [5, 5.41) is 0. The Balaban J connectivity index is 4.14. The van der Waals surface area contributed by atoms with Crippen molar-refractivity contribution in [2.45, 2.75) is 51.6 Å². The van der Waals surface area contributed by atoms with Gasteiger partial charge >= 0.3 is 7.63 Å². The zero-order valence-electron chi connectivity index (χ0n) is 10.1. The molecule has 0 saturated heterocycles. The van der Waals surface area contributed by atoms with Gasteiger partial charge in [-0.1, -0.05) is 33.8 Å². The van der Waals surface area contributed by atoms with E-state index in [1.54, 1.807) is 6.26 Å². The smallest absolute Gasteiger partial charge is 0.351 e. The monoisotopic (exact) mass is 252 g/mol. The van der Waals surface area contributed by atoms with E-state index in [0.717, 1.165) is 0 Å². The average Bonchev–Trinajstić information content (AvgIpc) is 2.16. The second-order valence-corrected chi connectivity index (χ2v) is 10.0. The van der Waals surface area contributed by atoms with Crippen LogP contribution in [-0.2, 0) is 4.43 Å². The maximum Gasteiger partial charge on any atom is 0.351 e. The Morgan fingerprint density at radius 2 is 1.80 bits per heavy atom. The van der Waals surface area contributed by atoms with E-state index in [0.29, 0.717) is 23.9 Å². The van der Waals surface area contributed by atoms with Crippen LogP contribution in [0.1, 0.15) is 40.5 Å². The van der Waals surface area contributed by atoms with E-state index < -0.39 is 7.63 Å². The molecule has 0 amide bonds. The van der Waals surface area contributed by atoms with Crippen molar-refractivity contribution in [3.05, 3.63) is 12.3 Å². The minimum atomic E-state index is -2.17. The summed E-state index contributed by atoms with van der Waals surface area (Å²) in [7, 11) is -2.17. The molecule has 0 fully saturated rings. The number of alkyl halides is 1. The van der Waals surface area contributed by atoms with Crippen molar-refractivity contribution in [3.8, 4) is 0 Å². The summed E-state index contributed by atoms with van der Waals surface area (Å²) in [6.07, 6.45) is 4.79. The molecule has 0 aromatic carbocycles. The van der Waals surface area contributed by atoms with Crippen LogP contribution in [-0.4, -0.2) is 14.3 Å². The van der Waals surface area contributed by atoms with Crippen LogP contribution in [0.2, 0.25) is 11.1 Å². The fraction of sp³-hybridized carbons (Fsp3) is 0.818. The quantitative estimate of drug-likeness (QED) is 0.275. The van der Waals surface area contributed by atoms with Crippen molar-refractivity contribution in [2.75, 3.05) is 6.67 Å². The standard InChI is InChI=1S/C11H22ClFOSi/c1-10(2)15(12,11(3)4)14-9-7-5-6-8-13/h7,9-11H,5-6,8H2,1-4H3/b9-7+. The first-order valence-electron chi connectivity index (χ1n) is 5.52. The van der Waals surface area contributed by atoms with E-state index >= 15 is 0 Å². The molecule has 1 nitrogen and oxygen atoms in total. The van der Waals surface area contributed by atoms with E-state index in [2.05, 4.69) is 27.7 Å². The summed E-state index contributed by atoms with van der Waals surface area (Å²) in [6.45, 7) is 8.09. The van der Waals surface area contributed by atoms with Crippen LogP contribution in [0.4, 0.5) is 4.39 Å². The fourth-order valence-electron chi connectivity index (χ4n) is 1.35. The lowest BCUT2D eigenvalue weighted by molar-refractivity contribution is 0.447. The van der Waals surface area contributed by atoms with Crippen LogP contribution in [0.25, 0.3) is 0 Å². The predicted molar refractivity (Wildman–Crippen MR) is 67.2 cm³/mol. The van der Waals surface area contributed by atoms with Crippen LogP contribution in [0.3, 0.4) is 0 Å². The highest BCUT2D eigenvalue weighted by Crippen LogP contribution is 2.36. The molecule has 15 heavy (non-hydrogen) atoms. The first kappa shape index (κ1) is 15.0. The van der Waals surface area contributed by atoms with E-state index in [4.69, 9.17) is 15.5 Å². The molecule has 0 aliphatic carbocycles. The van der Waals surface area contributed by atoms with Gasteiger partial charge in [-0.3, -0.25) is 4.39 Å². The normalized spacial score (nSPS) is 13.1. The molecule has 90 valence electrons. The molecule has 0 radical (unpaired) electrons. The SMILES string of the molecule is CC(C)[Si](Cl)(O/C=C/CCCF)C(C)C. The van der Waals surface area contributed by atoms with Gasteiger partial charge in [-0.25, -0.2) is 0 Å². The molecule has 4 heteroatoms. The molecule has 0 atom stereocenters. The Bertz CT molecular complexity index is 187. The van der Waals surface area contributed by atoms with Gasteiger partial charge in [0.15, 0.2) is 0 Å². The fourth-order valence-corrected chi connectivity index (χ4v) is 3.69. The zero-order valence-corrected chi connectivity index (χ0v) is 11.9. The number of hydrogen-bond acceptors (Lipinski definition) is 1. The minimum Gasteiger partial charge on any atom is -0.535 e. The Labute approximate surface area is 98.5 Å². The molecule has 0 aliphatic heterocycles. The summed E-state index contributed by atoms with van der Waals surface area (Å²) in [5.41, 5.74) is 0.731. The topological polar surface area (TPSA) is 9.23 Å². The Morgan fingerprint density at radius 1 is 1.27 bits per heavy atom. The van der Waals surface area contributed by atoms with Gasteiger partial charge < -0.3 is 4.43 Å². The minimum absolute atomic E-state index is 0.276. The molecule has 0 aromatic rings. The molecule has 0 heterocycles. The Hall–Kier alpha value is -0.0231. The molecular formula is C11H22ClFOSi. The van der Waals surface area contributed by atoms with Crippen molar-refractivity contribution in [1.29, 1.82) is 0 Å². The lowest BCUT2D eigenvalue weighted by Gasteiger charge is -2.30. The second-order valence-electron chi connectivity index (χ2n) is 4.33. The van der Waals surface area contributed by atoms with Crippen LogP contribution in [0, 0.1) is 0 Å². The van der Waals surface area contributed by atoms with E-state index in [9.17, 15) is 4.39 Å².